The molecule has 0 aromatic carbocycles. The van der Waals surface area contributed by atoms with E-state index in [1.165, 1.54) is 0 Å². The fourth-order valence-corrected chi connectivity index (χ4v) is 1.66. The number of carboxylic acids is 1. The van der Waals surface area contributed by atoms with E-state index >= 15 is 0 Å². The molecule has 2 unspecified atom stereocenters. The summed E-state index contributed by atoms with van der Waals surface area (Å²) in [6, 6.07) is 0.501. The number of carbonyl (C=O) groups is 1. The van der Waals surface area contributed by atoms with Crippen molar-refractivity contribution < 1.29 is 14.6 Å². The minimum absolute atomic E-state index is 0.450. The van der Waals surface area contributed by atoms with E-state index in [1.54, 1.807) is 0 Å². The van der Waals surface area contributed by atoms with Crippen LogP contribution in [0.15, 0.2) is 0 Å². The van der Waals surface area contributed by atoms with Gasteiger partial charge in [0.1, 0.15) is 0 Å². The molecular weight excluding hydrogens is 206 g/mol. The van der Waals surface area contributed by atoms with Crippen LogP contribution in [-0.4, -0.2) is 48.3 Å². The molecule has 0 aliphatic carbocycles. The monoisotopic (exact) mass is 231 g/mol. The predicted molar refractivity (Wildman–Crippen MR) is 64.7 cm³/mol. The largest absolute Gasteiger partial charge is 0.479 e. The fourth-order valence-electron chi connectivity index (χ4n) is 1.66. The molecule has 2 atom stereocenters. The van der Waals surface area contributed by atoms with Crippen molar-refractivity contribution in [1.82, 2.24) is 4.90 Å². The minimum atomic E-state index is -0.863. The molecule has 0 spiro atoms. The second-order valence-electron chi connectivity index (χ2n) is 4.19. The van der Waals surface area contributed by atoms with Crippen LogP contribution in [0.25, 0.3) is 0 Å². The maximum Gasteiger partial charge on any atom is 0.332 e. The summed E-state index contributed by atoms with van der Waals surface area (Å²) in [5.41, 5.74) is 0. The van der Waals surface area contributed by atoms with Crippen molar-refractivity contribution in [2.75, 3.05) is 20.2 Å². The van der Waals surface area contributed by atoms with Gasteiger partial charge in [0.15, 0.2) is 6.10 Å². The molecule has 0 rings (SSSR count). The standard InChI is InChI=1S/C12H25NO3/c1-5-7-10(3)13(4)9-8-11(12(14)15)16-6-2/h10-11H,5-9H2,1-4H3,(H,14,15). The fraction of sp³-hybridized carbons (Fsp3) is 0.917. The number of hydrogen-bond donors (Lipinski definition) is 1. The van der Waals surface area contributed by atoms with Gasteiger partial charge in [0.2, 0.25) is 0 Å². The summed E-state index contributed by atoms with van der Waals surface area (Å²) in [5, 5.41) is 8.92. The molecule has 0 radical (unpaired) electrons. The Morgan fingerprint density at radius 2 is 2.00 bits per heavy atom. The molecule has 96 valence electrons. The van der Waals surface area contributed by atoms with Gasteiger partial charge in [0.05, 0.1) is 0 Å². The third-order valence-electron chi connectivity index (χ3n) is 2.85. The Balaban J connectivity index is 3.94. The summed E-state index contributed by atoms with van der Waals surface area (Å²) in [7, 11) is 2.03. The topological polar surface area (TPSA) is 49.8 Å². The second-order valence-corrected chi connectivity index (χ2v) is 4.19. The van der Waals surface area contributed by atoms with Crippen LogP contribution < -0.4 is 0 Å². The maximum absolute atomic E-state index is 10.9. The van der Waals surface area contributed by atoms with Crippen LogP contribution in [0.3, 0.4) is 0 Å². The number of rotatable bonds is 9. The van der Waals surface area contributed by atoms with Gasteiger partial charge < -0.3 is 14.7 Å². The molecule has 0 heterocycles. The smallest absolute Gasteiger partial charge is 0.332 e. The summed E-state index contributed by atoms with van der Waals surface area (Å²) in [6.45, 7) is 7.35. The maximum atomic E-state index is 10.9. The molecular formula is C12H25NO3. The van der Waals surface area contributed by atoms with Crippen LogP contribution in [0.5, 0.6) is 0 Å². The normalized spacial score (nSPS) is 15.1. The molecule has 1 N–H and O–H groups in total. The molecule has 0 aromatic heterocycles. The van der Waals surface area contributed by atoms with E-state index < -0.39 is 12.1 Å². The average Bonchev–Trinajstić information content (AvgIpc) is 2.23. The average molecular weight is 231 g/mol. The van der Waals surface area contributed by atoms with E-state index in [-0.39, 0.29) is 0 Å². The molecule has 0 aromatic rings. The molecule has 4 heteroatoms. The summed E-state index contributed by atoms with van der Waals surface area (Å²) in [5.74, 6) is -0.863. The predicted octanol–water partition coefficient (Wildman–Crippen LogP) is 1.99. The molecule has 16 heavy (non-hydrogen) atoms. The highest BCUT2D eigenvalue weighted by Crippen LogP contribution is 2.07. The zero-order valence-electron chi connectivity index (χ0n) is 10.9. The SMILES string of the molecule is CCCC(C)N(C)CCC(OCC)C(=O)O. The van der Waals surface area contributed by atoms with Crippen molar-refractivity contribution in [2.45, 2.75) is 52.2 Å². The van der Waals surface area contributed by atoms with Gasteiger partial charge in [-0.2, -0.15) is 0 Å². The lowest BCUT2D eigenvalue weighted by Crippen LogP contribution is -2.34. The quantitative estimate of drug-likeness (QED) is 0.659. The highest BCUT2D eigenvalue weighted by Gasteiger charge is 2.18. The molecule has 0 aliphatic heterocycles. The summed E-state index contributed by atoms with van der Waals surface area (Å²) >= 11 is 0. The van der Waals surface area contributed by atoms with Gasteiger partial charge in [-0.3, -0.25) is 0 Å². The van der Waals surface area contributed by atoms with Crippen molar-refractivity contribution in [3.05, 3.63) is 0 Å². The molecule has 0 saturated carbocycles. The number of carboxylic acid groups (broad SMARTS) is 1. The number of hydrogen-bond acceptors (Lipinski definition) is 3. The summed E-state index contributed by atoms with van der Waals surface area (Å²) in [4.78, 5) is 13.0. The van der Waals surface area contributed by atoms with Crippen LogP contribution >= 0.6 is 0 Å². The summed E-state index contributed by atoms with van der Waals surface area (Å²) in [6.07, 6.45) is 2.18. The van der Waals surface area contributed by atoms with E-state index in [1.807, 2.05) is 14.0 Å². The third-order valence-corrected chi connectivity index (χ3v) is 2.85. The van der Waals surface area contributed by atoms with Crippen LogP contribution in [0.2, 0.25) is 0 Å². The van der Waals surface area contributed by atoms with Crippen LogP contribution in [0.1, 0.15) is 40.0 Å². The first-order valence-corrected chi connectivity index (χ1v) is 6.07. The van der Waals surface area contributed by atoms with Gasteiger partial charge in [-0.25, -0.2) is 4.79 Å². The van der Waals surface area contributed by atoms with Gasteiger partial charge in [0, 0.05) is 19.2 Å². The Hall–Kier alpha value is -0.610. The first-order chi connectivity index (χ1) is 7.52. The molecule has 0 bridgehead atoms. The van der Waals surface area contributed by atoms with Crippen LogP contribution in [0, 0.1) is 0 Å². The molecule has 0 amide bonds. The Bertz CT molecular complexity index is 197. The number of aliphatic carboxylic acids is 1. The van der Waals surface area contributed by atoms with E-state index in [2.05, 4.69) is 18.7 Å². The molecule has 0 aliphatic rings. The van der Waals surface area contributed by atoms with Gasteiger partial charge in [-0.05, 0) is 33.7 Å². The van der Waals surface area contributed by atoms with Crippen molar-refractivity contribution in [1.29, 1.82) is 0 Å². The third kappa shape index (κ3) is 6.08. The zero-order chi connectivity index (χ0) is 12.6. The van der Waals surface area contributed by atoms with Crippen molar-refractivity contribution >= 4 is 5.97 Å². The molecule has 0 fully saturated rings. The lowest BCUT2D eigenvalue weighted by molar-refractivity contribution is -0.150. The first kappa shape index (κ1) is 15.4. The van der Waals surface area contributed by atoms with Crippen molar-refractivity contribution in [2.24, 2.45) is 0 Å². The van der Waals surface area contributed by atoms with Crippen LogP contribution in [0.4, 0.5) is 0 Å². The summed E-state index contributed by atoms with van der Waals surface area (Å²) < 4.78 is 5.17. The van der Waals surface area contributed by atoms with E-state index in [0.717, 1.165) is 19.4 Å². The van der Waals surface area contributed by atoms with E-state index in [9.17, 15) is 4.79 Å². The lowest BCUT2D eigenvalue weighted by atomic mass is 10.1. The zero-order valence-corrected chi connectivity index (χ0v) is 10.9. The van der Waals surface area contributed by atoms with Gasteiger partial charge in [0.25, 0.3) is 0 Å². The lowest BCUT2D eigenvalue weighted by Gasteiger charge is -2.25. The Kier molecular flexibility index (Phi) is 8.21. The highest BCUT2D eigenvalue weighted by molar-refractivity contribution is 5.72. The minimum Gasteiger partial charge on any atom is -0.479 e. The van der Waals surface area contributed by atoms with E-state index in [4.69, 9.17) is 9.84 Å². The number of nitrogens with zero attached hydrogens (tertiary/aromatic N) is 1. The van der Waals surface area contributed by atoms with Gasteiger partial charge >= 0.3 is 5.97 Å². The Labute approximate surface area is 98.6 Å². The van der Waals surface area contributed by atoms with Crippen LogP contribution in [-0.2, 0) is 9.53 Å². The Morgan fingerprint density at radius 1 is 1.38 bits per heavy atom. The molecule has 4 nitrogen and oxygen atoms in total. The Morgan fingerprint density at radius 3 is 2.44 bits per heavy atom. The first-order valence-electron chi connectivity index (χ1n) is 6.07. The number of ether oxygens (including phenoxy) is 1. The van der Waals surface area contributed by atoms with Crippen molar-refractivity contribution in [3.8, 4) is 0 Å². The van der Waals surface area contributed by atoms with Gasteiger partial charge in [-0.15, -0.1) is 0 Å². The van der Waals surface area contributed by atoms with E-state index in [0.29, 0.717) is 19.1 Å². The molecule has 0 saturated heterocycles. The van der Waals surface area contributed by atoms with Crippen molar-refractivity contribution in [3.63, 3.8) is 0 Å². The highest BCUT2D eigenvalue weighted by atomic mass is 16.5. The van der Waals surface area contributed by atoms with Gasteiger partial charge in [-0.1, -0.05) is 13.3 Å². The second kappa shape index (κ2) is 8.53.